The van der Waals surface area contributed by atoms with Gasteiger partial charge < -0.3 is 9.84 Å². The van der Waals surface area contributed by atoms with E-state index in [1.54, 1.807) is 6.92 Å². The molecule has 0 spiro atoms. The Morgan fingerprint density at radius 3 is 2.73 bits per heavy atom. The highest BCUT2D eigenvalue weighted by atomic mass is 16.5. The van der Waals surface area contributed by atoms with E-state index < -0.39 is 11.6 Å². The summed E-state index contributed by atoms with van der Waals surface area (Å²) >= 11 is 0. The lowest BCUT2D eigenvalue weighted by Crippen LogP contribution is -2.36. The highest BCUT2D eigenvalue weighted by molar-refractivity contribution is 5.79. The summed E-state index contributed by atoms with van der Waals surface area (Å²) in [6.07, 6.45) is 4.91. The van der Waals surface area contributed by atoms with E-state index in [1.807, 2.05) is 0 Å². The molecule has 3 nitrogen and oxygen atoms in total. The maximum absolute atomic E-state index is 10.9. The average Bonchev–Trinajstić information content (AvgIpc) is 1.88. The van der Waals surface area contributed by atoms with Crippen LogP contribution in [0, 0.1) is 12.3 Å². The summed E-state index contributed by atoms with van der Waals surface area (Å²) in [7, 11) is 0. The van der Waals surface area contributed by atoms with E-state index in [9.17, 15) is 9.90 Å². The van der Waals surface area contributed by atoms with Gasteiger partial charge >= 0.3 is 5.97 Å². The molecule has 0 saturated carbocycles. The SMILES string of the molecule is C#CCC(C)(O)C(=O)OCC. The summed E-state index contributed by atoms with van der Waals surface area (Å²) in [6, 6.07) is 0. The van der Waals surface area contributed by atoms with Crippen LogP contribution in [0.15, 0.2) is 0 Å². The van der Waals surface area contributed by atoms with Crippen molar-refractivity contribution >= 4 is 5.97 Å². The molecule has 0 aromatic rings. The van der Waals surface area contributed by atoms with Crippen molar-refractivity contribution in [1.29, 1.82) is 0 Å². The zero-order valence-electron chi connectivity index (χ0n) is 6.76. The standard InChI is InChI=1S/C8H12O3/c1-4-6-8(3,10)7(9)11-5-2/h1,10H,5-6H2,2-3H3. The van der Waals surface area contributed by atoms with E-state index in [4.69, 9.17) is 6.42 Å². The van der Waals surface area contributed by atoms with E-state index >= 15 is 0 Å². The van der Waals surface area contributed by atoms with Gasteiger partial charge in [-0.2, -0.15) is 0 Å². The lowest BCUT2D eigenvalue weighted by atomic mass is 10.0. The Hall–Kier alpha value is -1.01. The predicted octanol–water partition coefficient (Wildman–Crippen LogP) is 0.324. The van der Waals surface area contributed by atoms with E-state index in [2.05, 4.69) is 10.7 Å². The van der Waals surface area contributed by atoms with E-state index in [-0.39, 0.29) is 13.0 Å². The largest absolute Gasteiger partial charge is 0.464 e. The lowest BCUT2D eigenvalue weighted by molar-refractivity contribution is -0.162. The molecule has 0 rings (SSSR count). The van der Waals surface area contributed by atoms with Crippen LogP contribution < -0.4 is 0 Å². The Balaban J connectivity index is 4.08. The molecule has 0 radical (unpaired) electrons. The summed E-state index contributed by atoms with van der Waals surface area (Å²) in [6.45, 7) is 3.26. The number of carbonyl (C=O) groups is 1. The molecule has 0 aromatic heterocycles. The summed E-state index contributed by atoms with van der Waals surface area (Å²) in [5.41, 5.74) is -1.54. The van der Waals surface area contributed by atoms with Gasteiger partial charge in [-0.3, -0.25) is 0 Å². The Morgan fingerprint density at radius 1 is 1.82 bits per heavy atom. The van der Waals surface area contributed by atoms with Crippen molar-refractivity contribution in [2.24, 2.45) is 0 Å². The van der Waals surface area contributed by atoms with Gasteiger partial charge in [-0.15, -0.1) is 12.3 Å². The highest BCUT2D eigenvalue weighted by Crippen LogP contribution is 2.09. The molecule has 3 heteroatoms. The zero-order valence-corrected chi connectivity index (χ0v) is 6.76. The second-order valence-corrected chi connectivity index (χ2v) is 2.38. The zero-order chi connectivity index (χ0) is 8.91. The maximum atomic E-state index is 10.9. The average molecular weight is 156 g/mol. The molecular weight excluding hydrogens is 144 g/mol. The summed E-state index contributed by atoms with van der Waals surface area (Å²) in [4.78, 5) is 10.9. The predicted molar refractivity (Wildman–Crippen MR) is 40.7 cm³/mol. The minimum absolute atomic E-state index is 0.0220. The monoisotopic (exact) mass is 156 g/mol. The number of rotatable bonds is 3. The normalized spacial score (nSPS) is 14.7. The minimum atomic E-state index is -1.54. The van der Waals surface area contributed by atoms with Gasteiger partial charge in [-0.1, -0.05) is 0 Å². The molecule has 0 aromatic carbocycles. The van der Waals surface area contributed by atoms with Crippen LogP contribution in [0.3, 0.4) is 0 Å². The molecule has 0 heterocycles. The Kier molecular flexibility index (Phi) is 3.63. The van der Waals surface area contributed by atoms with Crippen molar-refractivity contribution < 1.29 is 14.6 Å². The second kappa shape index (κ2) is 3.99. The first-order valence-electron chi connectivity index (χ1n) is 3.37. The fourth-order valence-electron chi connectivity index (χ4n) is 0.557. The Morgan fingerprint density at radius 2 is 2.36 bits per heavy atom. The number of hydrogen-bond donors (Lipinski definition) is 1. The molecule has 0 saturated heterocycles. The smallest absolute Gasteiger partial charge is 0.338 e. The first-order valence-corrected chi connectivity index (χ1v) is 3.37. The van der Waals surface area contributed by atoms with Gasteiger partial charge in [0.2, 0.25) is 0 Å². The number of esters is 1. The number of hydrogen-bond acceptors (Lipinski definition) is 3. The Bertz CT molecular complexity index is 176. The van der Waals surface area contributed by atoms with Gasteiger partial charge in [-0.05, 0) is 13.8 Å². The minimum Gasteiger partial charge on any atom is -0.464 e. The summed E-state index contributed by atoms with van der Waals surface area (Å²) in [5.74, 6) is 1.53. The maximum Gasteiger partial charge on any atom is 0.338 e. The van der Waals surface area contributed by atoms with Gasteiger partial charge in [0.15, 0.2) is 5.60 Å². The molecule has 0 aliphatic carbocycles. The molecule has 1 unspecified atom stereocenters. The van der Waals surface area contributed by atoms with Gasteiger partial charge in [0.1, 0.15) is 0 Å². The second-order valence-electron chi connectivity index (χ2n) is 2.38. The molecule has 11 heavy (non-hydrogen) atoms. The van der Waals surface area contributed by atoms with Crippen molar-refractivity contribution in [2.75, 3.05) is 6.61 Å². The number of aliphatic hydroxyl groups is 1. The lowest BCUT2D eigenvalue weighted by Gasteiger charge is -2.17. The van der Waals surface area contributed by atoms with E-state index in [1.165, 1.54) is 6.92 Å². The summed E-state index contributed by atoms with van der Waals surface area (Å²) in [5, 5.41) is 9.30. The fourth-order valence-corrected chi connectivity index (χ4v) is 0.557. The Labute approximate surface area is 66.4 Å². The van der Waals surface area contributed by atoms with Gasteiger partial charge in [0.25, 0.3) is 0 Å². The van der Waals surface area contributed by atoms with Crippen LogP contribution in [0.25, 0.3) is 0 Å². The van der Waals surface area contributed by atoms with Crippen molar-refractivity contribution in [3.63, 3.8) is 0 Å². The van der Waals surface area contributed by atoms with Crippen LogP contribution in [-0.2, 0) is 9.53 Å². The van der Waals surface area contributed by atoms with Crippen LogP contribution in [-0.4, -0.2) is 23.3 Å². The number of carbonyl (C=O) groups excluding carboxylic acids is 1. The van der Waals surface area contributed by atoms with Crippen molar-refractivity contribution in [3.05, 3.63) is 0 Å². The van der Waals surface area contributed by atoms with Crippen LogP contribution in [0.1, 0.15) is 20.3 Å². The number of terminal acetylenes is 1. The van der Waals surface area contributed by atoms with E-state index in [0.29, 0.717) is 0 Å². The molecule has 0 bridgehead atoms. The van der Waals surface area contributed by atoms with Gasteiger partial charge in [0.05, 0.1) is 6.61 Å². The third-order valence-electron chi connectivity index (χ3n) is 1.16. The molecular formula is C8H12O3. The fraction of sp³-hybridized carbons (Fsp3) is 0.625. The molecule has 0 aliphatic rings. The topological polar surface area (TPSA) is 46.5 Å². The first-order chi connectivity index (χ1) is 5.04. The van der Waals surface area contributed by atoms with Gasteiger partial charge in [0, 0.05) is 6.42 Å². The molecule has 0 amide bonds. The van der Waals surface area contributed by atoms with E-state index in [0.717, 1.165) is 0 Å². The molecule has 0 fully saturated rings. The third-order valence-corrected chi connectivity index (χ3v) is 1.16. The first kappa shape index (κ1) is 9.99. The van der Waals surface area contributed by atoms with Gasteiger partial charge in [-0.25, -0.2) is 4.79 Å². The molecule has 1 atom stereocenters. The van der Waals surface area contributed by atoms with Crippen molar-refractivity contribution in [3.8, 4) is 12.3 Å². The molecule has 1 N–H and O–H groups in total. The molecule has 62 valence electrons. The quantitative estimate of drug-likeness (QED) is 0.473. The van der Waals surface area contributed by atoms with Crippen LogP contribution in [0.4, 0.5) is 0 Å². The summed E-state index contributed by atoms with van der Waals surface area (Å²) < 4.78 is 4.57. The van der Waals surface area contributed by atoms with Crippen LogP contribution in [0.2, 0.25) is 0 Å². The third kappa shape index (κ3) is 3.06. The molecule has 0 aliphatic heterocycles. The van der Waals surface area contributed by atoms with Crippen LogP contribution in [0.5, 0.6) is 0 Å². The van der Waals surface area contributed by atoms with Crippen molar-refractivity contribution in [1.82, 2.24) is 0 Å². The number of ether oxygens (including phenoxy) is 1. The van der Waals surface area contributed by atoms with Crippen molar-refractivity contribution in [2.45, 2.75) is 25.9 Å². The highest BCUT2D eigenvalue weighted by Gasteiger charge is 2.30. The van der Waals surface area contributed by atoms with Crippen LogP contribution >= 0.6 is 0 Å².